The lowest BCUT2D eigenvalue weighted by Gasteiger charge is -2.34. The fourth-order valence-electron chi connectivity index (χ4n) is 4.20. The van der Waals surface area contributed by atoms with Gasteiger partial charge in [-0.05, 0) is 69.5 Å². The van der Waals surface area contributed by atoms with E-state index in [2.05, 4.69) is 24.2 Å². The second kappa shape index (κ2) is 11.4. The summed E-state index contributed by atoms with van der Waals surface area (Å²) in [5.74, 6) is -0.590. The van der Waals surface area contributed by atoms with Crippen LogP contribution in [0.2, 0.25) is 0 Å². The molecule has 2 rings (SSSR count). The van der Waals surface area contributed by atoms with Crippen LogP contribution >= 0.6 is 0 Å². The van der Waals surface area contributed by atoms with Gasteiger partial charge in [-0.3, -0.25) is 4.79 Å². The van der Waals surface area contributed by atoms with E-state index >= 15 is 0 Å². The van der Waals surface area contributed by atoms with E-state index in [1.54, 1.807) is 0 Å². The highest BCUT2D eigenvalue weighted by Crippen LogP contribution is 2.36. The summed E-state index contributed by atoms with van der Waals surface area (Å²) in [7, 11) is 2.09. The Bertz CT molecular complexity index is 707. The predicted octanol–water partition coefficient (Wildman–Crippen LogP) is 6.41. The number of alkyl halides is 6. The van der Waals surface area contributed by atoms with Gasteiger partial charge in [0.1, 0.15) is 0 Å². The lowest BCUT2D eigenvalue weighted by Crippen LogP contribution is -2.39. The average molecular weight is 467 g/mol. The van der Waals surface area contributed by atoms with Crippen LogP contribution in [0.4, 0.5) is 26.3 Å². The summed E-state index contributed by atoms with van der Waals surface area (Å²) >= 11 is 0. The molecule has 1 amide bonds. The van der Waals surface area contributed by atoms with Gasteiger partial charge in [-0.15, -0.1) is 0 Å². The molecule has 0 bridgehead atoms. The van der Waals surface area contributed by atoms with Crippen molar-refractivity contribution in [3.05, 3.63) is 34.9 Å². The zero-order valence-electron chi connectivity index (χ0n) is 18.6. The second-order valence-electron chi connectivity index (χ2n) is 8.68. The molecular formula is C23H32F6N2O. The lowest BCUT2D eigenvalue weighted by atomic mass is 9.84. The number of hydrogen-bond acceptors (Lipinski definition) is 2. The van der Waals surface area contributed by atoms with Crippen molar-refractivity contribution in [1.82, 2.24) is 10.2 Å². The Kier molecular flexibility index (Phi) is 9.42. The molecule has 32 heavy (non-hydrogen) atoms. The van der Waals surface area contributed by atoms with Crippen molar-refractivity contribution < 1.29 is 31.1 Å². The summed E-state index contributed by atoms with van der Waals surface area (Å²) in [4.78, 5) is 14.8. The predicted molar refractivity (Wildman–Crippen MR) is 111 cm³/mol. The third-order valence-corrected chi connectivity index (χ3v) is 6.17. The highest BCUT2D eigenvalue weighted by molar-refractivity contribution is 5.78. The van der Waals surface area contributed by atoms with Gasteiger partial charge in [-0.25, -0.2) is 0 Å². The Morgan fingerprint density at radius 2 is 1.50 bits per heavy atom. The first-order valence-electron chi connectivity index (χ1n) is 11.2. The van der Waals surface area contributed by atoms with Crippen LogP contribution in [0.15, 0.2) is 18.2 Å². The van der Waals surface area contributed by atoms with Crippen LogP contribution in [0.5, 0.6) is 0 Å². The zero-order chi connectivity index (χ0) is 23.9. The number of unbranched alkanes of at least 4 members (excludes halogenated alkanes) is 3. The first-order chi connectivity index (χ1) is 14.9. The Hall–Kier alpha value is -1.77. The zero-order valence-corrected chi connectivity index (χ0v) is 18.6. The van der Waals surface area contributed by atoms with Gasteiger partial charge >= 0.3 is 12.4 Å². The molecule has 0 unspecified atom stereocenters. The summed E-state index contributed by atoms with van der Waals surface area (Å²) in [6.07, 6.45) is -2.04. The van der Waals surface area contributed by atoms with E-state index in [4.69, 9.17) is 0 Å². The number of hydrogen-bond donors (Lipinski definition) is 1. The molecule has 0 saturated heterocycles. The maximum absolute atomic E-state index is 13.0. The Balaban J connectivity index is 1.89. The summed E-state index contributed by atoms with van der Waals surface area (Å²) in [6, 6.07) is 1.80. The van der Waals surface area contributed by atoms with Gasteiger partial charge in [-0.1, -0.05) is 26.2 Å². The van der Waals surface area contributed by atoms with Gasteiger partial charge in [0.15, 0.2) is 0 Å². The highest BCUT2D eigenvalue weighted by Gasteiger charge is 2.37. The third kappa shape index (κ3) is 7.98. The molecule has 182 valence electrons. The van der Waals surface area contributed by atoms with E-state index < -0.39 is 23.5 Å². The Labute approximate surface area is 185 Å². The molecule has 1 aliphatic carbocycles. The van der Waals surface area contributed by atoms with Crippen LogP contribution in [-0.2, 0) is 23.7 Å². The molecular weight excluding hydrogens is 434 g/mol. The number of nitrogens with one attached hydrogen (secondary N) is 1. The quantitative estimate of drug-likeness (QED) is 0.337. The van der Waals surface area contributed by atoms with Crippen molar-refractivity contribution in [3.63, 3.8) is 0 Å². The van der Waals surface area contributed by atoms with Crippen molar-refractivity contribution in [3.8, 4) is 0 Å². The number of rotatable bonds is 9. The molecule has 0 spiro atoms. The van der Waals surface area contributed by atoms with Crippen LogP contribution in [0.1, 0.15) is 75.0 Å². The van der Waals surface area contributed by atoms with Gasteiger partial charge < -0.3 is 10.2 Å². The minimum Gasteiger partial charge on any atom is -0.352 e. The van der Waals surface area contributed by atoms with Crippen LogP contribution < -0.4 is 5.32 Å². The molecule has 1 aromatic carbocycles. The molecule has 1 aromatic rings. The number of benzene rings is 1. The smallest absolute Gasteiger partial charge is 0.352 e. The average Bonchev–Trinajstić information content (AvgIpc) is 2.73. The maximum Gasteiger partial charge on any atom is 0.416 e. The van der Waals surface area contributed by atoms with Gasteiger partial charge in [0, 0.05) is 18.5 Å². The van der Waals surface area contributed by atoms with Crippen molar-refractivity contribution in [1.29, 1.82) is 0 Å². The Morgan fingerprint density at radius 3 is 2.00 bits per heavy atom. The molecule has 1 aliphatic rings. The molecule has 9 heteroatoms. The molecule has 1 fully saturated rings. The number of carbonyl (C=O) groups is 1. The van der Waals surface area contributed by atoms with Crippen molar-refractivity contribution in [2.75, 3.05) is 13.6 Å². The van der Waals surface area contributed by atoms with Crippen molar-refractivity contribution in [2.24, 2.45) is 5.92 Å². The molecule has 0 aliphatic heterocycles. The van der Waals surface area contributed by atoms with Crippen LogP contribution in [0.3, 0.4) is 0 Å². The van der Waals surface area contributed by atoms with Gasteiger partial charge in [0.2, 0.25) is 5.91 Å². The monoisotopic (exact) mass is 466 g/mol. The molecule has 0 aromatic heterocycles. The minimum atomic E-state index is -4.90. The fourth-order valence-corrected chi connectivity index (χ4v) is 4.20. The summed E-state index contributed by atoms with van der Waals surface area (Å²) in [6.45, 7) is 2.81. The topological polar surface area (TPSA) is 32.3 Å². The van der Waals surface area contributed by atoms with E-state index in [1.165, 1.54) is 19.3 Å². The minimum absolute atomic E-state index is 0.0886. The van der Waals surface area contributed by atoms with Gasteiger partial charge in [-0.2, -0.15) is 26.3 Å². The molecule has 1 N–H and O–H groups in total. The summed E-state index contributed by atoms with van der Waals surface area (Å²) < 4.78 is 77.9. The van der Waals surface area contributed by atoms with Crippen LogP contribution in [-0.4, -0.2) is 30.4 Å². The van der Waals surface area contributed by atoms with Crippen molar-refractivity contribution >= 4 is 5.91 Å². The molecule has 0 atom stereocenters. The van der Waals surface area contributed by atoms with Crippen LogP contribution in [0.25, 0.3) is 0 Å². The fraction of sp³-hybridized carbons (Fsp3) is 0.696. The number of amides is 1. The van der Waals surface area contributed by atoms with E-state index in [9.17, 15) is 31.1 Å². The molecule has 0 radical (unpaired) electrons. The normalized spacial score (nSPS) is 19.9. The number of nitrogens with zero attached hydrogens (tertiary/aromatic N) is 1. The first-order valence-corrected chi connectivity index (χ1v) is 11.2. The number of carbonyl (C=O) groups excluding carboxylic acids is 1. The lowest BCUT2D eigenvalue weighted by molar-refractivity contribution is -0.143. The second-order valence-corrected chi connectivity index (χ2v) is 8.68. The standard InChI is InChI=1S/C23H32F6N2O/c1-3-4-5-6-11-31(2)20-9-7-17(8-10-20)21(32)30-15-16-12-18(22(24,25)26)14-19(13-16)23(27,28)29/h12-14,17,20H,3-11,15H2,1-2H3,(H,30,32). The van der Waals surface area contributed by atoms with Gasteiger partial charge in [0.25, 0.3) is 0 Å². The van der Waals surface area contributed by atoms with Crippen molar-refractivity contribution in [2.45, 2.75) is 83.2 Å². The Morgan fingerprint density at radius 1 is 0.938 bits per heavy atom. The number of halogens is 6. The van der Waals surface area contributed by atoms with E-state index in [1.807, 2.05) is 0 Å². The SMILES string of the molecule is CCCCCCN(C)C1CCC(C(=O)NCc2cc(C(F)(F)F)cc(C(F)(F)F)c2)CC1. The largest absolute Gasteiger partial charge is 0.416 e. The van der Waals surface area contributed by atoms with E-state index in [-0.39, 0.29) is 30.0 Å². The van der Waals surface area contributed by atoms with E-state index in [0.29, 0.717) is 31.0 Å². The first kappa shape index (κ1) is 26.5. The summed E-state index contributed by atoms with van der Waals surface area (Å²) in [5, 5.41) is 2.53. The van der Waals surface area contributed by atoms with E-state index in [0.717, 1.165) is 25.8 Å². The highest BCUT2D eigenvalue weighted by atomic mass is 19.4. The molecule has 1 saturated carbocycles. The third-order valence-electron chi connectivity index (χ3n) is 6.17. The van der Waals surface area contributed by atoms with Gasteiger partial charge in [0.05, 0.1) is 11.1 Å². The van der Waals surface area contributed by atoms with Crippen LogP contribution in [0, 0.1) is 5.92 Å². The molecule has 3 nitrogen and oxygen atoms in total. The maximum atomic E-state index is 13.0. The molecule has 0 heterocycles. The summed E-state index contributed by atoms with van der Waals surface area (Å²) in [5.41, 5.74) is -2.97.